The van der Waals surface area contributed by atoms with Crippen LogP contribution in [-0.4, -0.2) is 43.1 Å². The minimum absolute atomic E-state index is 0.112. The summed E-state index contributed by atoms with van der Waals surface area (Å²) in [6.45, 7) is 8.62. The van der Waals surface area contributed by atoms with Crippen molar-refractivity contribution in [2.24, 2.45) is 0 Å². The number of rotatable bonds is 5. The standard InChI is InChI=1S/C23H24N4O4S2/c1-5-30-17(28)12-32-22-25-24-21-26(14-8-6-7-13(2)9-14)19(29)18-15-10-23(3,4)31-11-16(15)33-20(18)27(21)22/h6-9H,5,10-12H2,1-4H3. The smallest absolute Gasteiger partial charge is 0.316 e. The summed E-state index contributed by atoms with van der Waals surface area (Å²) in [4.78, 5) is 27.7. The Balaban J connectivity index is 1.80. The fraction of sp³-hybridized carbons (Fsp3) is 0.391. The molecule has 0 fully saturated rings. The summed E-state index contributed by atoms with van der Waals surface area (Å²) < 4.78 is 14.6. The Morgan fingerprint density at radius 3 is 2.91 bits per heavy atom. The summed E-state index contributed by atoms with van der Waals surface area (Å²) >= 11 is 2.78. The van der Waals surface area contributed by atoms with Crippen LogP contribution in [0.15, 0.2) is 34.2 Å². The zero-order valence-corrected chi connectivity index (χ0v) is 20.5. The lowest BCUT2D eigenvalue weighted by molar-refractivity contribution is -0.139. The zero-order valence-electron chi connectivity index (χ0n) is 18.9. The van der Waals surface area contributed by atoms with Gasteiger partial charge in [-0.3, -0.25) is 9.59 Å². The first kappa shape index (κ1) is 22.1. The Morgan fingerprint density at radius 2 is 2.15 bits per heavy atom. The molecule has 0 bridgehead atoms. The summed E-state index contributed by atoms with van der Waals surface area (Å²) in [5.41, 5.74) is 2.32. The van der Waals surface area contributed by atoms with Crippen LogP contribution in [0.5, 0.6) is 0 Å². The van der Waals surface area contributed by atoms with Gasteiger partial charge in [-0.15, -0.1) is 21.5 Å². The largest absolute Gasteiger partial charge is 0.465 e. The number of thioether (sulfide) groups is 1. The Bertz CT molecular complexity index is 1450. The molecule has 33 heavy (non-hydrogen) atoms. The summed E-state index contributed by atoms with van der Waals surface area (Å²) in [6.07, 6.45) is 0.643. The summed E-state index contributed by atoms with van der Waals surface area (Å²) in [7, 11) is 0. The molecular weight excluding hydrogens is 460 g/mol. The molecule has 3 aromatic heterocycles. The van der Waals surface area contributed by atoms with Gasteiger partial charge < -0.3 is 9.47 Å². The van der Waals surface area contributed by atoms with E-state index < -0.39 is 0 Å². The second kappa shape index (κ2) is 8.27. The molecule has 1 aliphatic heterocycles. The van der Waals surface area contributed by atoms with Gasteiger partial charge in [-0.1, -0.05) is 23.9 Å². The number of carbonyl (C=O) groups is 1. The highest BCUT2D eigenvalue weighted by Crippen LogP contribution is 2.39. The van der Waals surface area contributed by atoms with Crippen LogP contribution in [0.25, 0.3) is 21.7 Å². The third-order valence-electron chi connectivity index (χ3n) is 5.59. The number of esters is 1. The predicted octanol–water partition coefficient (Wildman–Crippen LogP) is 3.91. The van der Waals surface area contributed by atoms with Crippen molar-refractivity contribution in [3.63, 3.8) is 0 Å². The minimum atomic E-state index is -0.356. The van der Waals surface area contributed by atoms with E-state index in [0.29, 0.717) is 36.0 Å². The molecule has 172 valence electrons. The fourth-order valence-corrected chi connectivity index (χ4v) is 6.13. The Kier molecular flexibility index (Phi) is 5.54. The normalized spacial score (nSPS) is 15.2. The first-order valence-electron chi connectivity index (χ1n) is 10.7. The van der Waals surface area contributed by atoms with Gasteiger partial charge in [0, 0.05) is 11.3 Å². The molecule has 4 aromatic rings. The Morgan fingerprint density at radius 1 is 1.33 bits per heavy atom. The number of aromatic nitrogens is 4. The van der Waals surface area contributed by atoms with Crippen LogP contribution in [0.3, 0.4) is 0 Å². The maximum absolute atomic E-state index is 13.9. The monoisotopic (exact) mass is 484 g/mol. The first-order valence-corrected chi connectivity index (χ1v) is 12.5. The average molecular weight is 485 g/mol. The molecule has 10 heteroatoms. The van der Waals surface area contributed by atoms with Crippen molar-refractivity contribution >= 4 is 45.1 Å². The van der Waals surface area contributed by atoms with E-state index in [0.717, 1.165) is 26.5 Å². The molecule has 0 N–H and O–H groups in total. The van der Waals surface area contributed by atoms with Crippen LogP contribution < -0.4 is 5.56 Å². The fourth-order valence-electron chi connectivity index (χ4n) is 4.12. The van der Waals surface area contributed by atoms with Gasteiger partial charge >= 0.3 is 5.97 Å². The number of hydrogen-bond acceptors (Lipinski definition) is 8. The van der Waals surface area contributed by atoms with E-state index in [1.807, 2.05) is 49.4 Å². The number of carbonyl (C=O) groups excluding carboxylic acids is 1. The molecule has 0 unspecified atom stereocenters. The second-order valence-electron chi connectivity index (χ2n) is 8.60. The minimum Gasteiger partial charge on any atom is -0.465 e. The van der Waals surface area contributed by atoms with Gasteiger partial charge in [-0.05, 0) is 51.0 Å². The molecule has 1 aliphatic rings. The van der Waals surface area contributed by atoms with Gasteiger partial charge in [0.15, 0.2) is 5.16 Å². The van der Waals surface area contributed by atoms with Crippen molar-refractivity contribution in [3.8, 4) is 5.69 Å². The van der Waals surface area contributed by atoms with E-state index in [-0.39, 0.29) is 22.9 Å². The van der Waals surface area contributed by atoms with Crippen LogP contribution in [0, 0.1) is 6.92 Å². The van der Waals surface area contributed by atoms with E-state index >= 15 is 0 Å². The zero-order chi connectivity index (χ0) is 23.3. The number of nitrogens with zero attached hydrogens (tertiary/aromatic N) is 4. The van der Waals surface area contributed by atoms with Crippen molar-refractivity contribution < 1.29 is 14.3 Å². The van der Waals surface area contributed by atoms with Crippen LogP contribution in [0.2, 0.25) is 0 Å². The molecule has 8 nitrogen and oxygen atoms in total. The lowest BCUT2D eigenvalue weighted by Crippen LogP contribution is -2.32. The van der Waals surface area contributed by atoms with E-state index in [1.165, 1.54) is 23.1 Å². The Hall–Kier alpha value is -2.69. The number of benzene rings is 1. The van der Waals surface area contributed by atoms with Gasteiger partial charge in [0.05, 0.1) is 35.6 Å². The third kappa shape index (κ3) is 3.85. The summed E-state index contributed by atoms with van der Waals surface area (Å²) in [5, 5.41) is 9.93. The highest BCUT2D eigenvalue weighted by Gasteiger charge is 2.32. The van der Waals surface area contributed by atoms with E-state index in [9.17, 15) is 9.59 Å². The Labute approximate surface area is 198 Å². The van der Waals surface area contributed by atoms with Gasteiger partial charge in [-0.25, -0.2) is 8.97 Å². The van der Waals surface area contributed by atoms with Gasteiger partial charge in [0.2, 0.25) is 5.78 Å². The summed E-state index contributed by atoms with van der Waals surface area (Å²) in [5.74, 6) is 0.215. The quantitative estimate of drug-likeness (QED) is 0.313. The van der Waals surface area contributed by atoms with Gasteiger partial charge in [-0.2, -0.15) is 0 Å². The first-order chi connectivity index (χ1) is 15.8. The number of hydrogen-bond donors (Lipinski definition) is 0. The SMILES string of the molecule is CCOC(=O)CSc1nnc2n(-c3cccc(C)c3)c(=O)c3c4c(sc3n12)COC(C)(C)C4. The van der Waals surface area contributed by atoms with Crippen molar-refractivity contribution in [1.82, 2.24) is 19.2 Å². The topological polar surface area (TPSA) is 87.7 Å². The number of thiophene rings is 1. The van der Waals surface area contributed by atoms with E-state index in [4.69, 9.17) is 9.47 Å². The lowest BCUT2D eigenvalue weighted by Gasteiger charge is -2.29. The number of ether oxygens (including phenoxy) is 2. The molecular formula is C23H24N4O4S2. The molecule has 0 aliphatic carbocycles. The molecule has 1 aromatic carbocycles. The van der Waals surface area contributed by atoms with Crippen molar-refractivity contribution in [3.05, 3.63) is 50.6 Å². The number of aryl methyl sites for hydroxylation is 1. The predicted molar refractivity (Wildman–Crippen MR) is 129 cm³/mol. The molecule has 0 radical (unpaired) electrons. The van der Waals surface area contributed by atoms with E-state index in [1.54, 1.807) is 11.5 Å². The molecule has 0 saturated heterocycles. The van der Waals surface area contributed by atoms with Crippen molar-refractivity contribution in [1.29, 1.82) is 0 Å². The van der Waals surface area contributed by atoms with Crippen LogP contribution in [0.1, 0.15) is 36.8 Å². The van der Waals surface area contributed by atoms with Crippen LogP contribution in [0.4, 0.5) is 0 Å². The van der Waals surface area contributed by atoms with Gasteiger partial charge in [0.1, 0.15) is 4.83 Å². The van der Waals surface area contributed by atoms with Crippen molar-refractivity contribution in [2.75, 3.05) is 12.4 Å². The lowest BCUT2D eigenvalue weighted by atomic mass is 9.94. The highest BCUT2D eigenvalue weighted by atomic mass is 32.2. The molecule has 0 spiro atoms. The number of fused-ring (bicyclic) bond motifs is 5. The summed E-state index contributed by atoms with van der Waals surface area (Å²) in [6, 6.07) is 7.76. The molecule has 0 amide bonds. The second-order valence-corrected chi connectivity index (χ2v) is 10.6. The molecule has 5 rings (SSSR count). The maximum atomic E-state index is 13.9. The maximum Gasteiger partial charge on any atom is 0.316 e. The van der Waals surface area contributed by atoms with Crippen LogP contribution in [-0.2, 0) is 27.3 Å². The molecule has 4 heterocycles. The van der Waals surface area contributed by atoms with Gasteiger partial charge in [0.25, 0.3) is 5.56 Å². The van der Waals surface area contributed by atoms with E-state index in [2.05, 4.69) is 10.2 Å². The third-order valence-corrected chi connectivity index (χ3v) is 7.68. The van der Waals surface area contributed by atoms with Crippen molar-refractivity contribution in [2.45, 2.75) is 51.5 Å². The average Bonchev–Trinajstić information content (AvgIpc) is 3.33. The highest BCUT2D eigenvalue weighted by molar-refractivity contribution is 7.99. The molecule has 0 saturated carbocycles. The molecule has 0 atom stereocenters. The van der Waals surface area contributed by atoms with Crippen LogP contribution >= 0.6 is 23.1 Å².